The lowest BCUT2D eigenvalue weighted by atomic mass is 9.87. The molecule has 0 spiro atoms. The second-order valence-corrected chi connectivity index (χ2v) is 6.39. The zero-order chi connectivity index (χ0) is 19.3. The van der Waals surface area contributed by atoms with E-state index >= 15 is 0 Å². The summed E-state index contributed by atoms with van der Waals surface area (Å²) in [4.78, 5) is 12.9. The average molecular weight is 419 g/mol. The van der Waals surface area contributed by atoms with Crippen molar-refractivity contribution in [3.8, 4) is 5.75 Å². The molecule has 0 atom stereocenters. The quantitative estimate of drug-likeness (QED) is 0.756. The first-order valence-corrected chi connectivity index (χ1v) is 8.73. The van der Waals surface area contributed by atoms with E-state index in [-0.39, 0.29) is 37.0 Å². The van der Waals surface area contributed by atoms with E-state index in [2.05, 4.69) is 20.5 Å². The van der Waals surface area contributed by atoms with Crippen molar-refractivity contribution >= 4 is 18.3 Å². The Bertz CT molecular complexity index is 762. The molecule has 1 fully saturated rings. The Morgan fingerprint density at radius 2 is 1.96 bits per heavy atom. The number of benzene rings is 1. The van der Waals surface area contributed by atoms with E-state index in [1.54, 1.807) is 35.3 Å². The lowest BCUT2D eigenvalue weighted by Gasteiger charge is -2.36. The van der Waals surface area contributed by atoms with Crippen molar-refractivity contribution in [1.82, 2.24) is 20.4 Å². The van der Waals surface area contributed by atoms with Gasteiger partial charge in [-0.3, -0.25) is 9.48 Å². The van der Waals surface area contributed by atoms with Crippen LogP contribution in [-0.4, -0.2) is 41.7 Å². The molecule has 0 unspecified atom stereocenters. The molecule has 28 heavy (non-hydrogen) atoms. The maximum Gasteiger partial charge on any atom is 0.573 e. The standard InChI is InChI=1S/C18H21F3N4O2.ClH/c19-18(20,21)27-15-5-2-1-4-14(15)6-10-23-16(26)17(7-11-22-12-8-17)25-13-3-9-24-25;/h1-5,9,13,22H,6-8,10-12H2,(H,23,26);1H. The summed E-state index contributed by atoms with van der Waals surface area (Å²) in [6, 6.07) is 7.70. The van der Waals surface area contributed by atoms with Crippen LogP contribution in [0.5, 0.6) is 5.75 Å². The molecule has 2 N–H and O–H groups in total. The van der Waals surface area contributed by atoms with Crippen LogP contribution in [0.1, 0.15) is 18.4 Å². The van der Waals surface area contributed by atoms with Crippen molar-refractivity contribution in [2.24, 2.45) is 0 Å². The van der Waals surface area contributed by atoms with Gasteiger partial charge in [0.1, 0.15) is 11.3 Å². The fraction of sp³-hybridized carbons (Fsp3) is 0.444. The lowest BCUT2D eigenvalue weighted by molar-refractivity contribution is -0.274. The molecule has 1 aromatic heterocycles. The van der Waals surface area contributed by atoms with Crippen LogP contribution in [0.2, 0.25) is 0 Å². The van der Waals surface area contributed by atoms with Gasteiger partial charge >= 0.3 is 6.36 Å². The number of nitrogens with one attached hydrogen (secondary N) is 2. The minimum Gasteiger partial charge on any atom is -0.406 e. The van der Waals surface area contributed by atoms with Gasteiger partial charge in [-0.05, 0) is 50.0 Å². The minimum atomic E-state index is -4.75. The number of hydrogen-bond donors (Lipinski definition) is 2. The molecule has 1 aliphatic rings. The van der Waals surface area contributed by atoms with Crippen molar-refractivity contribution < 1.29 is 22.7 Å². The number of piperidine rings is 1. The van der Waals surface area contributed by atoms with Gasteiger partial charge in [0.05, 0.1) is 0 Å². The summed E-state index contributed by atoms with van der Waals surface area (Å²) in [6.45, 7) is 1.58. The normalized spacial score (nSPS) is 16.1. The molecule has 1 saturated heterocycles. The van der Waals surface area contributed by atoms with Crippen LogP contribution >= 0.6 is 12.4 Å². The van der Waals surface area contributed by atoms with Crippen molar-refractivity contribution in [2.75, 3.05) is 19.6 Å². The number of alkyl halides is 3. The molecule has 1 aliphatic heterocycles. The lowest BCUT2D eigenvalue weighted by Crippen LogP contribution is -2.54. The van der Waals surface area contributed by atoms with Gasteiger partial charge in [-0.2, -0.15) is 5.10 Å². The van der Waals surface area contributed by atoms with E-state index in [1.165, 1.54) is 12.1 Å². The number of halogens is 4. The van der Waals surface area contributed by atoms with Gasteiger partial charge in [-0.15, -0.1) is 25.6 Å². The molecule has 154 valence electrons. The number of hydrogen-bond acceptors (Lipinski definition) is 4. The van der Waals surface area contributed by atoms with Gasteiger partial charge in [0.15, 0.2) is 0 Å². The first kappa shape index (κ1) is 22.0. The maximum atomic E-state index is 12.9. The maximum absolute atomic E-state index is 12.9. The zero-order valence-corrected chi connectivity index (χ0v) is 15.9. The van der Waals surface area contributed by atoms with E-state index in [4.69, 9.17) is 0 Å². The van der Waals surface area contributed by atoms with Crippen LogP contribution in [0.15, 0.2) is 42.7 Å². The molecule has 2 aromatic rings. The summed E-state index contributed by atoms with van der Waals surface area (Å²) < 4.78 is 43.3. The van der Waals surface area contributed by atoms with Crippen LogP contribution in [0.3, 0.4) is 0 Å². The predicted molar refractivity (Wildman–Crippen MR) is 99.4 cm³/mol. The molecule has 10 heteroatoms. The van der Waals surface area contributed by atoms with Gasteiger partial charge in [-0.25, -0.2) is 0 Å². The van der Waals surface area contributed by atoms with Crippen LogP contribution in [-0.2, 0) is 16.8 Å². The van der Waals surface area contributed by atoms with Gasteiger partial charge in [-0.1, -0.05) is 18.2 Å². The third kappa shape index (κ3) is 5.17. The summed E-state index contributed by atoms with van der Waals surface area (Å²) in [5.41, 5.74) is -0.398. The third-order valence-corrected chi connectivity index (χ3v) is 4.67. The summed E-state index contributed by atoms with van der Waals surface area (Å²) in [7, 11) is 0. The monoisotopic (exact) mass is 418 g/mol. The summed E-state index contributed by atoms with van der Waals surface area (Å²) in [5.74, 6) is -0.426. The second kappa shape index (κ2) is 9.29. The van der Waals surface area contributed by atoms with E-state index in [0.717, 1.165) is 0 Å². The molecule has 2 heterocycles. The molecular weight excluding hydrogens is 397 g/mol. The molecule has 3 rings (SSSR count). The van der Waals surface area contributed by atoms with Crippen LogP contribution in [0.4, 0.5) is 13.2 Å². The van der Waals surface area contributed by atoms with Crippen molar-refractivity contribution in [2.45, 2.75) is 31.2 Å². The number of aromatic nitrogens is 2. The van der Waals surface area contributed by atoms with E-state index in [1.807, 2.05) is 0 Å². The summed E-state index contributed by atoms with van der Waals surface area (Å²) in [6.07, 6.45) is 0.0474. The number of nitrogens with zero attached hydrogens (tertiary/aromatic N) is 2. The number of amides is 1. The van der Waals surface area contributed by atoms with Crippen molar-refractivity contribution in [3.05, 3.63) is 48.3 Å². The summed E-state index contributed by atoms with van der Waals surface area (Å²) >= 11 is 0. The SMILES string of the molecule is Cl.O=C(NCCc1ccccc1OC(F)(F)F)C1(n2cccn2)CCNCC1. The molecule has 1 aromatic carbocycles. The second-order valence-electron chi connectivity index (χ2n) is 6.39. The molecule has 0 bridgehead atoms. The highest BCUT2D eigenvalue weighted by Gasteiger charge is 2.41. The van der Waals surface area contributed by atoms with Crippen molar-refractivity contribution in [3.63, 3.8) is 0 Å². The van der Waals surface area contributed by atoms with Gasteiger partial charge in [0.25, 0.3) is 0 Å². The van der Waals surface area contributed by atoms with Crippen molar-refractivity contribution in [1.29, 1.82) is 0 Å². The molecule has 6 nitrogen and oxygen atoms in total. The number of carbonyl (C=O) groups is 1. The van der Waals surface area contributed by atoms with Crippen LogP contribution in [0, 0.1) is 0 Å². The fourth-order valence-corrected chi connectivity index (χ4v) is 3.33. The molecule has 1 amide bonds. The number of ether oxygens (including phenoxy) is 1. The van der Waals surface area contributed by atoms with Gasteiger partial charge < -0.3 is 15.4 Å². The number of rotatable bonds is 6. The Hall–Kier alpha value is -2.26. The van der Waals surface area contributed by atoms with E-state index in [9.17, 15) is 18.0 Å². The summed E-state index contributed by atoms with van der Waals surface area (Å²) in [5, 5.41) is 10.3. The van der Waals surface area contributed by atoms with E-state index in [0.29, 0.717) is 31.5 Å². The molecule has 0 saturated carbocycles. The van der Waals surface area contributed by atoms with Gasteiger partial charge in [0, 0.05) is 18.9 Å². The highest BCUT2D eigenvalue weighted by Crippen LogP contribution is 2.28. The Morgan fingerprint density at radius 3 is 2.61 bits per heavy atom. The van der Waals surface area contributed by atoms with Crippen LogP contribution in [0.25, 0.3) is 0 Å². The molecular formula is C18H22ClF3N4O2. The first-order chi connectivity index (χ1) is 12.9. The third-order valence-electron chi connectivity index (χ3n) is 4.67. The minimum absolute atomic E-state index is 0. The van der Waals surface area contributed by atoms with Crippen LogP contribution < -0.4 is 15.4 Å². The van der Waals surface area contributed by atoms with Gasteiger partial charge in [0.2, 0.25) is 5.91 Å². The molecule has 0 radical (unpaired) electrons. The van der Waals surface area contributed by atoms with E-state index < -0.39 is 11.9 Å². The average Bonchev–Trinajstić information content (AvgIpc) is 3.17. The predicted octanol–water partition coefficient (Wildman–Crippen LogP) is 2.64. The zero-order valence-electron chi connectivity index (χ0n) is 15.0. The smallest absolute Gasteiger partial charge is 0.406 e. The Balaban J connectivity index is 0.00000280. The first-order valence-electron chi connectivity index (χ1n) is 8.73. The fourth-order valence-electron chi connectivity index (χ4n) is 3.33. The molecule has 0 aliphatic carbocycles. The largest absolute Gasteiger partial charge is 0.573 e. The highest BCUT2D eigenvalue weighted by molar-refractivity contribution is 5.85. The Kier molecular flexibility index (Phi) is 7.31. The number of carbonyl (C=O) groups excluding carboxylic acids is 1. The number of para-hydroxylation sites is 1. The highest BCUT2D eigenvalue weighted by atomic mass is 35.5. The Labute approximate surface area is 166 Å². The topological polar surface area (TPSA) is 68.2 Å². The Morgan fingerprint density at radius 1 is 1.25 bits per heavy atom.